The highest BCUT2D eigenvalue weighted by molar-refractivity contribution is 7.25. The SMILES string of the molecule is C=C/C(=C\C)N(C1=CCCC=C1C1=CCCC=C1)c1ccc2sc3ccccc3c2c1.CC. The van der Waals surface area contributed by atoms with Gasteiger partial charge in [-0.3, -0.25) is 0 Å². The minimum atomic E-state index is 1.06. The van der Waals surface area contributed by atoms with Crippen LogP contribution in [0.4, 0.5) is 5.69 Å². The van der Waals surface area contributed by atoms with Crippen LogP contribution < -0.4 is 4.90 Å². The molecule has 0 radical (unpaired) electrons. The van der Waals surface area contributed by atoms with Gasteiger partial charge in [0.25, 0.3) is 0 Å². The van der Waals surface area contributed by atoms with E-state index >= 15 is 0 Å². The Labute approximate surface area is 202 Å². The molecule has 2 heteroatoms. The van der Waals surface area contributed by atoms with Gasteiger partial charge < -0.3 is 4.90 Å². The molecule has 2 aliphatic carbocycles. The smallest absolute Gasteiger partial charge is 0.0496 e. The van der Waals surface area contributed by atoms with Gasteiger partial charge in [0, 0.05) is 42.8 Å². The van der Waals surface area contributed by atoms with Crippen LogP contribution in [0.5, 0.6) is 0 Å². The number of benzene rings is 2. The molecule has 0 bridgehead atoms. The first-order valence-electron chi connectivity index (χ1n) is 12.1. The summed E-state index contributed by atoms with van der Waals surface area (Å²) in [4.78, 5) is 2.38. The Morgan fingerprint density at radius 2 is 1.67 bits per heavy atom. The van der Waals surface area contributed by atoms with Gasteiger partial charge in [0.1, 0.15) is 0 Å². The lowest BCUT2D eigenvalue weighted by Gasteiger charge is -2.32. The number of rotatable bonds is 5. The Morgan fingerprint density at radius 1 is 0.909 bits per heavy atom. The predicted molar refractivity (Wildman–Crippen MR) is 149 cm³/mol. The molecule has 0 saturated heterocycles. The molecule has 1 heterocycles. The molecule has 0 aliphatic heterocycles. The number of hydrogen-bond donors (Lipinski definition) is 0. The zero-order valence-electron chi connectivity index (χ0n) is 20.0. The van der Waals surface area contributed by atoms with Gasteiger partial charge in [-0.05, 0) is 68.5 Å². The molecule has 2 aromatic carbocycles. The highest BCUT2D eigenvalue weighted by Crippen LogP contribution is 2.40. The molecule has 33 heavy (non-hydrogen) atoms. The van der Waals surface area contributed by atoms with Crippen molar-refractivity contribution < 1.29 is 0 Å². The van der Waals surface area contributed by atoms with Crippen molar-refractivity contribution >= 4 is 37.2 Å². The van der Waals surface area contributed by atoms with Crippen LogP contribution in [0.15, 0.2) is 114 Å². The van der Waals surface area contributed by atoms with Gasteiger partial charge in [0.2, 0.25) is 0 Å². The minimum Gasteiger partial charge on any atom is -0.311 e. The summed E-state index contributed by atoms with van der Waals surface area (Å²) in [5, 5.41) is 2.65. The largest absolute Gasteiger partial charge is 0.311 e. The van der Waals surface area contributed by atoms with Crippen molar-refractivity contribution in [2.75, 3.05) is 4.90 Å². The van der Waals surface area contributed by atoms with Crippen molar-refractivity contribution in [2.45, 2.75) is 46.5 Å². The lowest BCUT2D eigenvalue weighted by molar-refractivity contribution is 0.951. The number of allylic oxidation sites excluding steroid dienone is 8. The standard InChI is InChI=1S/C29H27NS.C2H6/c1-3-22(4-2)30(27-16-10-8-14-24(27)21-12-6-5-7-13-21)23-18-19-29-26(20-23)25-15-9-11-17-28(25)31-29;1-2/h3-4,6,9,11-20H,1,5,7-8,10H2,2H3;1-2H3/b22-4+;. The van der Waals surface area contributed by atoms with Gasteiger partial charge in [-0.15, -0.1) is 11.3 Å². The number of nitrogens with zero attached hydrogens (tertiary/aromatic N) is 1. The Bertz CT molecular complexity index is 1310. The highest BCUT2D eigenvalue weighted by Gasteiger charge is 2.22. The summed E-state index contributed by atoms with van der Waals surface area (Å²) < 4.78 is 2.67. The van der Waals surface area contributed by atoms with E-state index in [1.54, 1.807) is 0 Å². The molecule has 0 unspecified atom stereocenters. The second-order valence-electron chi connectivity index (χ2n) is 7.96. The molecular formula is C31H33NS. The van der Waals surface area contributed by atoms with E-state index in [2.05, 4.69) is 97.3 Å². The van der Waals surface area contributed by atoms with Crippen molar-refractivity contribution in [1.29, 1.82) is 0 Å². The number of fused-ring (bicyclic) bond motifs is 3. The fourth-order valence-electron chi connectivity index (χ4n) is 4.57. The Hall–Kier alpha value is -3.10. The van der Waals surface area contributed by atoms with E-state index in [0.717, 1.165) is 31.4 Å². The third-order valence-electron chi connectivity index (χ3n) is 6.06. The molecule has 3 aromatic rings. The van der Waals surface area contributed by atoms with Crippen LogP contribution in [-0.4, -0.2) is 0 Å². The van der Waals surface area contributed by atoms with Gasteiger partial charge in [0.15, 0.2) is 0 Å². The summed E-state index contributed by atoms with van der Waals surface area (Å²) in [5.74, 6) is 0. The highest BCUT2D eigenvalue weighted by atomic mass is 32.1. The van der Waals surface area contributed by atoms with E-state index in [1.807, 2.05) is 31.3 Å². The summed E-state index contributed by atoms with van der Waals surface area (Å²) in [6.07, 6.45) is 20.3. The van der Waals surface area contributed by atoms with Crippen LogP contribution in [0.3, 0.4) is 0 Å². The molecular weight excluding hydrogens is 418 g/mol. The average molecular weight is 452 g/mol. The van der Waals surface area contributed by atoms with Crippen LogP contribution in [0.25, 0.3) is 20.2 Å². The lowest BCUT2D eigenvalue weighted by Crippen LogP contribution is -2.24. The monoisotopic (exact) mass is 451 g/mol. The van der Waals surface area contributed by atoms with Crippen LogP contribution in [-0.2, 0) is 0 Å². The summed E-state index contributed by atoms with van der Waals surface area (Å²) >= 11 is 1.86. The molecule has 1 aromatic heterocycles. The van der Waals surface area contributed by atoms with E-state index < -0.39 is 0 Å². The summed E-state index contributed by atoms with van der Waals surface area (Å²) in [6.45, 7) is 10.2. The van der Waals surface area contributed by atoms with Gasteiger partial charge in [-0.25, -0.2) is 0 Å². The van der Waals surface area contributed by atoms with Crippen molar-refractivity contribution in [3.05, 3.63) is 114 Å². The predicted octanol–water partition coefficient (Wildman–Crippen LogP) is 9.86. The first-order valence-corrected chi connectivity index (χ1v) is 12.9. The van der Waals surface area contributed by atoms with E-state index in [0.29, 0.717) is 0 Å². The van der Waals surface area contributed by atoms with Crippen molar-refractivity contribution in [3.63, 3.8) is 0 Å². The van der Waals surface area contributed by atoms with Crippen molar-refractivity contribution in [3.8, 4) is 0 Å². The molecule has 1 nitrogen and oxygen atoms in total. The fraction of sp³-hybridized carbons (Fsp3) is 0.226. The Morgan fingerprint density at radius 3 is 2.42 bits per heavy atom. The van der Waals surface area contributed by atoms with Gasteiger partial charge in [0.05, 0.1) is 0 Å². The third kappa shape index (κ3) is 4.54. The molecule has 0 spiro atoms. The van der Waals surface area contributed by atoms with Crippen LogP contribution in [0, 0.1) is 0 Å². The van der Waals surface area contributed by atoms with Crippen molar-refractivity contribution in [2.24, 2.45) is 0 Å². The second kappa shape index (κ2) is 10.7. The maximum absolute atomic E-state index is 4.13. The zero-order chi connectivity index (χ0) is 23.2. The third-order valence-corrected chi connectivity index (χ3v) is 7.21. The van der Waals surface area contributed by atoms with E-state index in [9.17, 15) is 0 Å². The topological polar surface area (TPSA) is 3.24 Å². The van der Waals surface area contributed by atoms with Crippen LogP contribution in [0.2, 0.25) is 0 Å². The van der Waals surface area contributed by atoms with Gasteiger partial charge in [-0.1, -0.05) is 75.1 Å². The zero-order valence-corrected chi connectivity index (χ0v) is 20.8. The van der Waals surface area contributed by atoms with E-state index in [1.165, 1.54) is 42.7 Å². The molecule has 2 aliphatic rings. The minimum absolute atomic E-state index is 1.06. The molecule has 0 fully saturated rings. The molecule has 0 atom stereocenters. The average Bonchev–Trinajstić information content (AvgIpc) is 3.27. The van der Waals surface area contributed by atoms with Crippen molar-refractivity contribution in [1.82, 2.24) is 0 Å². The van der Waals surface area contributed by atoms with E-state index in [4.69, 9.17) is 0 Å². The lowest BCUT2D eigenvalue weighted by atomic mass is 9.91. The number of thiophene rings is 1. The molecule has 0 amide bonds. The second-order valence-corrected chi connectivity index (χ2v) is 9.04. The normalized spacial score (nSPS) is 16.0. The fourth-order valence-corrected chi connectivity index (χ4v) is 5.66. The quantitative estimate of drug-likeness (QED) is 0.349. The molecule has 0 N–H and O–H groups in total. The van der Waals surface area contributed by atoms with Gasteiger partial charge in [-0.2, -0.15) is 0 Å². The van der Waals surface area contributed by atoms with E-state index in [-0.39, 0.29) is 0 Å². The first kappa shape index (κ1) is 23.1. The maximum atomic E-state index is 4.13. The van der Waals surface area contributed by atoms with Crippen LogP contribution in [0.1, 0.15) is 46.5 Å². The Balaban J connectivity index is 0.00000126. The summed E-state index contributed by atoms with van der Waals surface area (Å²) in [5.41, 5.74) is 6.22. The molecule has 0 saturated carbocycles. The Kier molecular flexibility index (Phi) is 7.47. The summed E-state index contributed by atoms with van der Waals surface area (Å²) in [7, 11) is 0. The molecule has 168 valence electrons. The number of hydrogen-bond acceptors (Lipinski definition) is 2. The van der Waals surface area contributed by atoms with Gasteiger partial charge >= 0.3 is 0 Å². The first-order chi connectivity index (χ1) is 16.3. The maximum Gasteiger partial charge on any atom is 0.0496 e. The van der Waals surface area contributed by atoms with Crippen LogP contribution >= 0.6 is 11.3 Å². The molecule has 5 rings (SSSR count). The summed E-state index contributed by atoms with van der Waals surface area (Å²) in [6, 6.07) is 15.6. The number of anilines is 1.